The summed E-state index contributed by atoms with van der Waals surface area (Å²) in [5.41, 5.74) is 1.24. The molecule has 0 bridgehead atoms. The molecule has 0 aromatic heterocycles. The number of hydrogen-bond acceptors (Lipinski definition) is 5. The molecule has 1 aromatic rings. The molecular weight excluding hydrogens is 320 g/mol. The Morgan fingerprint density at radius 1 is 1.20 bits per heavy atom. The first-order chi connectivity index (χ1) is 11.8. The third-order valence-corrected chi connectivity index (χ3v) is 3.52. The van der Waals surface area contributed by atoms with Crippen molar-refractivity contribution in [1.29, 1.82) is 0 Å². The highest BCUT2D eigenvalue weighted by molar-refractivity contribution is 5.67. The van der Waals surface area contributed by atoms with Crippen LogP contribution in [0.3, 0.4) is 0 Å². The number of carbonyl (C=O) groups is 1. The second-order valence-corrected chi connectivity index (χ2v) is 7.07. The Morgan fingerprint density at radius 2 is 1.96 bits per heavy atom. The van der Waals surface area contributed by atoms with E-state index < -0.39 is 17.8 Å². The first-order valence-electron chi connectivity index (χ1n) is 8.91. The molecule has 1 unspecified atom stereocenters. The zero-order chi connectivity index (χ0) is 18.7. The number of amides is 1. The summed E-state index contributed by atoms with van der Waals surface area (Å²) in [7, 11) is 0. The molecule has 1 atom stereocenters. The lowest BCUT2D eigenvalue weighted by atomic mass is 10.1. The minimum atomic E-state index is -0.647. The van der Waals surface area contributed by atoms with Gasteiger partial charge in [0.25, 0.3) is 0 Å². The Balaban J connectivity index is 2.36. The largest absolute Gasteiger partial charge is 0.444 e. The average molecular weight is 352 g/mol. The molecule has 6 nitrogen and oxygen atoms in total. The van der Waals surface area contributed by atoms with Crippen LogP contribution in [0.1, 0.15) is 58.1 Å². The van der Waals surface area contributed by atoms with Gasteiger partial charge in [0.15, 0.2) is 0 Å². The van der Waals surface area contributed by atoms with Crippen LogP contribution in [-0.2, 0) is 4.74 Å². The number of alkyl carbamates (subject to hydrolysis) is 1. The first-order valence-corrected chi connectivity index (χ1v) is 8.91. The van der Waals surface area contributed by atoms with Gasteiger partial charge in [-0.3, -0.25) is 0 Å². The molecule has 4 N–H and O–H groups in total. The molecule has 0 heterocycles. The number of aliphatic hydroxyl groups is 2. The zero-order valence-corrected chi connectivity index (χ0v) is 15.5. The summed E-state index contributed by atoms with van der Waals surface area (Å²) in [5.74, 6) is 0. The Morgan fingerprint density at radius 3 is 2.64 bits per heavy atom. The lowest BCUT2D eigenvalue weighted by Crippen LogP contribution is -2.33. The van der Waals surface area contributed by atoms with Crippen molar-refractivity contribution in [3.63, 3.8) is 0 Å². The van der Waals surface area contributed by atoms with Crippen LogP contribution >= 0.6 is 0 Å². The number of hydrogen-bond donors (Lipinski definition) is 4. The van der Waals surface area contributed by atoms with Crippen LogP contribution in [0.4, 0.5) is 10.5 Å². The second-order valence-electron chi connectivity index (χ2n) is 7.07. The van der Waals surface area contributed by atoms with E-state index >= 15 is 0 Å². The van der Waals surface area contributed by atoms with Gasteiger partial charge >= 0.3 is 6.09 Å². The summed E-state index contributed by atoms with van der Waals surface area (Å²) < 4.78 is 5.16. The van der Waals surface area contributed by atoms with Gasteiger partial charge in [-0.2, -0.15) is 0 Å². The third-order valence-electron chi connectivity index (χ3n) is 3.52. The van der Waals surface area contributed by atoms with Crippen molar-refractivity contribution in [3.8, 4) is 0 Å². The molecule has 25 heavy (non-hydrogen) atoms. The summed E-state index contributed by atoms with van der Waals surface area (Å²) in [4.78, 5) is 11.6. The second kappa shape index (κ2) is 10.9. The van der Waals surface area contributed by atoms with E-state index in [1.54, 1.807) is 0 Å². The molecular formula is C19H32N2O4. The number of rotatable bonds is 10. The van der Waals surface area contributed by atoms with Gasteiger partial charge < -0.3 is 25.6 Å². The van der Waals surface area contributed by atoms with Gasteiger partial charge in [-0.25, -0.2) is 4.79 Å². The summed E-state index contributed by atoms with van der Waals surface area (Å²) in [5, 5.41) is 25.0. The molecule has 0 aliphatic rings. The van der Waals surface area contributed by atoms with Crippen molar-refractivity contribution in [3.05, 3.63) is 29.8 Å². The van der Waals surface area contributed by atoms with Gasteiger partial charge in [-0.05, 0) is 64.2 Å². The predicted octanol–water partition coefficient (Wildman–Crippen LogP) is 3.21. The minimum Gasteiger partial charge on any atom is -0.444 e. The van der Waals surface area contributed by atoms with E-state index in [4.69, 9.17) is 9.84 Å². The van der Waals surface area contributed by atoms with E-state index in [1.165, 1.54) is 0 Å². The summed E-state index contributed by atoms with van der Waals surface area (Å²) >= 11 is 0. The first kappa shape index (κ1) is 21.3. The molecule has 0 aliphatic heterocycles. The lowest BCUT2D eigenvalue weighted by Gasteiger charge is -2.20. The van der Waals surface area contributed by atoms with E-state index in [-0.39, 0.29) is 6.61 Å². The predicted molar refractivity (Wildman–Crippen MR) is 99.7 cm³/mol. The molecule has 0 radical (unpaired) electrons. The summed E-state index contributed by atoms with van der Waals surface area (Å²) in [6.45, 7) is 6.84. The lowest BCUT2D eigenvalue weighted by molar-refractivity contribution is 0.0518. The fourth-order valence-corrected chi connectivity index (χ4v) is 2.29. The Labute approximate surface area is 150 Å². The number of anilines is 1. The maximum atomic E-state index is 11.6. The van der Waals surface area contributed by atoms with Crippen molar-refractivity contribution >= 4 is 11.8 Å². The fraction of sp³-hybridized carbons (Fsp3) is 0.632. The molecule has 142 valence electrons. The quantitative estimate of drug-likeness (QED) is 0.486. The molecule has 1 aromatic carbocycles. The van der Waals surface area contributed by atoms with E-state index in [0.29, 0.717) is 13.0 Å². The van der Waals surface area contributed by atoms with Crippen LogP contribution in [0, 0.1) is 0 Å². The van der Waals surface area contributed by atoms with Gasteiger partial charge in [-0.15, -0.1) is 0 Å². The molecule has 0 saturated carbocycles. The Kier molecular flexibility index (Phi) is 9.31. The van der Waals surface area contributed by atoms with Gasteiger partial charge in [0, 0.05) is 25.4 Å². The minimum absolute atomic E-state index is 0.235. The Hall–Kier alpha value is -1.79. The van der Waals surface area contributed by atoms with Crippen molar-refractivity contribution in [2.45, 2.75) is 58.2 Å². The van der Waals surface area contributed by atoms with Crippen molar-refractivity contribution in [1.82, 2.24) is 5.32 Å². The van der Waals surface area contributed by atoms with Gasteiger partial charge in [-0.1, -0.05) is 12.1 Å². The number of benzene rings is 1. The van der Waals surface area contributed by atoms with Gasteiger partial charge in [0.2, 0.25) is 0 Å². The highest BCUT2D eigenvalue weighted by Gasteiger charge is 2.16. The van der Waals surface area contributed by atoms with Crippen LogP contribution in [0.15, 0.2) is 24.3 Å². The fourth-order valence-electron chi connectivity index (χ4n) is 2.29. The van der Waals surface area contributed by atoms with E-state index in [0.717, 1.165) is 37.1 Å². The number of unbranched alkanes of at least 4 members (excludes halogenated alkanes) is 2. The van der Waals surface area contributed by atoms with Crippen molar-refractivity contribution in [2.75, 3.05) is 25.0 Å². The van der Waals surface area contributed by atoms with Gasteiger partial charge in [0.05, 0.1) is 6.10 Å². The zero-order valence-electron chi connectivity index (χ0n) is 15.5. The van der Waals surface area contributed by atoms with Crippen molar-refractivity contribution < 1.29 is 19.7 Å². The summed E-state index contributed by atoms with van der Waals surface area (Å²) in [6.07, 6.45) is 2.10. The maximum absolute atomic E-state index is 11.6. The number of nitrogens with one attached hydrogen (secondary N) is 2. The third kappa shape index (κ3) is 9.94. The molecule has 0 spiro atoms. The van der Waals surface area contributed by atoms with E-state index in [1.807, 2.05) is 45.0 Å². The van der Waals surface area contributed by atoms with E-state index in [9.17, 15) is 9.90 Å². The highest BCUT2D eigenvalue weighted by Crippen LogP contribution is 2.20. The van der Waals surface area contributed by atoms with Crippen molar-refractivity contribution in [2.24, 2.45) is 0 Å². The molecule has 0 aliphatic carbocycles. The summed E-state index contributed by atoms with van der Waals surface area (Å²) in [6, 6.07) is 7.65. The van der Waals surface area contributed by atoms with Crippen LogP contribution in [0.25, 0.3) is 0 Å². The Bertz CT molecular complexity index is 514. The topological polar surface area (TPSA) is 90.8 Å². The molecule has 6 heteroatoms. The van der Waals surface area contributed by atoms with Crippen LogP contribution in [0.5, 0.6) is 0 Å². The molecule has 0 saturated heterocycles. The van der Waals surface area contributed by atoms with Crippen LogP contribution in [0.2, 0.25) is 0 Å². The van der Waals surface area contributed by atoms with Crippen LogP contribution in [-0.4, -0.2) is 41.6 Å². The maximum Gasteiger partial charge on any atom is 0.407 e. The smallest absolute Gasteiger partial charge is 0.407 e. The van der Waals surface area contributed by atoms with Gasteiger partial charge in [0.1, 0.15) is 5.60 Å². The highest BCUT2D eigenvalue weighted by atomic mass is 16.6. The normalized spacial score (nSPS) is 12.5. The number of carbonyl (C=O) groups excluding carboxylic acids is 1. The number of aliphatic hydroxyl groups excluding tert-OH is 2. The van der Waals surface area contributed by atoms with E-state index in [2.05, 4.69) is 10.6 Å². The standard InChI is InChI=1S/C19H32N2O4/c1-19(2,3)25-18(24)21-12-10-17(23)15-8-7-9-16(14-15)20-11-5-4-6-13-22/h7-9,14,17,20,22-23H,4-6,10-13H2,1-3H3,(H,21,24). The monoisotopic (exact) mass is 352 g/mol. The molecule has 1 rings (SSSR count). The molecule has 1 amide bonds. The average Bonchev–Trinajstić information content (AvgIpc) is 2.53. The number of ether oxygens (including phenoxy) is 1. The SMILES string of the molecule is CC(C)(C)OC(=O)NCCC(O)c1cccc(NCCCCCO)c1. The molecule has 0 fully saturated rings. The van der Waals surface area contributed by atoms with Crippen LogP contribution < -0.4 is 10.6 Å².